The summed E-state index contributed by atoms with van der Waals surface area (Å²) in [6.07, 6.45) is 6.56. The Hall–Kier alpha value is -1.71. The summed E-state index contributed by atoms with van der Waals surface area (Å²) in [6, 6.07) is 0.403. The molecule has 0 aromatic heterocycles. The number of rotatable bonds is 7. The van der Waals surface area contributed by atoms with Crippen molar-refractivity contribution in [1.29, 1.82) is 0 Å². The fourth-order valence-corrected chi connectivity index (χ4v) is 2.33. The van der Waals surface area contributed by atoms with Crippen LogP contribution in [0.3, 0.4) is 0 Å². The third-order valence-corrected chi connectivity index (χ3v) is 4.31. The Morgan fingerprint density at radius 2 is 1.61 bits per heavy atom. The molecule has 0 spiro atoms. The minimum Gasteiger partial charge on any atom is -0.481 e. The van der Waals surface area contributed by atoms with Gasteiger partial charge in [0.2, 0.25) is 0 Å². The first kappa shape index (κ1) is 28.5. The highest BCUT2D eigenvalue weighted by atomic mass is 16.7. The molecule has 0 amide bonds. The van der Waals surface area contributed by atoms with Crippen LogP contribution in [0.4, 0.5) is 0 Å². The van der Waals surface area contributed by atoms with E-state index in [0.29, 0.717) is 19.0 Å². The van der Waals surface area contributed by atoms with Crippen molar-refractivity contribution >= 4 is 17.9 Å². The smallest absolute Gasteiger partial charge is 0.326 e. The first-order valence-electron chi connectivity index (χ1n) is 9.73. The van der Waals surface area contributed by atoms with E-state index in [9.17, 15) is 14.4 Å². The van der Waals surface area contributed by atoms with E-state index in [1.807, 2.05) is 0 Å². The van der Waals surface area contributed by atoms with Gasteiger partial charge in [0.15, 0.2) is 0 Å². The lowest BCUT2D eigenvalue weighted by Crippen LogP contribution is -2.52. The maximum atomic E-state index is 10.8. The number of nitrogens with two attached hydrogens (primary N) is 2. The van der Waals surface area contributed by atoms with Gasteiger partial charge < -0.3 is 20.8 Å². The zero-order valence-corrected chi connectivity index (χ0v) is 17.9. The molecule has 1 atom stereocenters. The molecular formula is C19H39N3O6. The maximum absolute atomic E-state index is 10.8. The van der Waals surface area contributed by atoms with Gasteiger partial charge in [-0.25, -0.2) is 0 Å². The van der Waals surface area contributed by atoms with Crippen molar-refractivity contribution in [3.63, 3.8) is 0 Å². The van der Waals surface area contributed by atoms with Crippen LogP contribution < -0.4 is 16.9 Å². The normalized spacial score (nSPS) is 15.4. The van der Waals surface area contributed by atoms with E-state index in [2.05, 4.69) is 16.1 Å². The van der Waals surface area contributed by atoms with Gasteiger partial charge in [0, 0.05) is 6.04 Å². The topological polar surface area (TPSA) is 165 Å². The van der Waals surface area contributed by atoms with Crippen LogP contribution in [0.2, 0.25) is 0 Å². The Balaban J connectivity index is 0. The Bertz CT molecular complexity index is 463. The molecule has 0 aromatic rings. The van der Waals surface area contributed by atoms with Gasteiger partial charge in [0.1, 0.15) is 5.54 Å². The molecule has 0 aliphatic heterocycles. The Labute approximate surface area is 168 Å². The summed E-state index contributed by atoms with van der Waals surface area (Å²) in [6.45, 7) is 8.99. The molecule has 1 rings (SSSR count). The van der Waals surface area contributed by atoms with Gasteiger partial charge in [-0.2, -0.15) is 5.90 Å². The number of hydrogen-bond acceptors (Lipinski definition) is 7. The van der Waals surface area contributed by atoms with E-state index in [0.717, 1.165) is 12.8 Å². The van der Waals surface area contributed by atoms with Gasteiger partial charge in [0.25, 0.3) is 0 Å². The third-order valence-electron chi connectivity index (χ3n) is 4.31. The van der Waals surface area contributed by atoms with E-state index >= 15 is 0 Å². The van der Waals surface area contributed by atoms with E-state index in [4.69, 9.17) is 15.9 Å². The molecule has 1 aliphatic rings. The van der Waals surface area contributed by atoms with E-state index < -0.39 is 17.5 Å². The van der Waals surface area contributed by atoms with Crippen LogP contribution in [0.25, 0.3) is 0 Å². The summed E-state index contributed by atoms with van der Waals surface area (Å²) in [5, 5.41) is 20.4. The quantitative estimate of drug-likeness (QED) is 0.397. The monoisotopic (exact) mass is 405 g/mol. The fourth-order valence-electron chi connectivity index (χ4n) is 2.33. The van der Waals surface area contributed by atoms with Crippen LogP contribution in [0.15, 0.2) is 0 Å². The van der Waals surface area contributed by atoms with Gasteiger partial charge in [-0.1, -0.05) is 40.0 Å². The van der Waals surface area contributed by atoms with Gasteiger partial charge in [-0.15, -0.1) is 0 Å². The van der Waals surface area contributed by atoms with Crippen molar-refractivity contribution in [2.24, 2.45) is 23.5 Å². The molecule has 9 nitrogen and oxygen atoms in total. The highest BCUT2D eigenvalue weighted by molar-refractivity contribution is 5.77. The van der Waals surface area contributed by atoms with Gasteiger partial charge in [0.05, 0.1) is 11.8 Å². The summed E-state index contributed by atoms with van der Waals surface area (Å²) in [5.41, 5.74) is 4.33. The number of carboxylic acid groups (broad SMARTS) is 2. The van der Waals surface area contributed by atoms with Gasteiger partial charge in [-0.3, -0.25) is 19.7 Å². The van der Waals surface area contributed by atoms with Crippen molar-refractivity contribution in [3.05, 3.63) is 0 Å². The molecule has 1 saturated carbocycles. The largest absolute Gasteiger partial charge is 0.481 e. The van der Waals surface area contributed by atoms with Crippen molar-refractivity contribution in [2.45, 2.75) is 84.7 Å². The van der Waals surface area contributed by atoms with Crippen LogP contribution in [0, 0.1) is 11.8 Å². The molecule has 0 bridgehead atoms. The molecule has 0 heterocycles. The number of carbonyl (C=O) groups is 3. The Kier molecular flexibility index (Phi) is 15.5. The van der Waals surface area contributed by atoms with E-state index in [-0.39, 0.29) is 17.8 Å². The highest BCUT2D eigenvalue weighted by Crippen LogP contribution is 2.19. The second-order valence-corrected chi connectivity index (χ2v) is 7.82. The van der Waals surface area contributed by atoms with Crippen LogP contribution in [-0.2, 0) is 19.2 Å². The predicted molar refractivity (Wildman–Crippen MR) is 107 cm³/mol. The zero-order chi connectivity index (χ0) is 22.3. The molecule has 7 N–H and O–H groups in total. The molecule has 0 radical (unpaired) electrons. The highest BCUT2D eigenvalue weighted by Gasteiger charge is 2.30. The fraction of sp³-hybridized carbons (Fsp3) is 0.842. The minimum absolute atomic E-state index is 0.120. The maximum Gasteiger partial charge on any atom is 0.326 e. The van der Waals surface area contributed by atoms with Crippen LogP contribution in [0.1, 0.15) is 73.1 Å². The Morgan fingerprint density at radius 3 is 1.86 bits per heavy atom. The third kappa shape index (κ3) is 14.4. The summed E-state index contributed by atoms with van der Waals surface area (Å²) >= 11 is 0. The first-order valence-corrected chi connectivity index (χ1v) is 9.73. The van der Waals surface area contributed by atoms with Crippen molar-refractivity contribution < 1.29 is 29.4 Å². The molecule has 0 saturated heterocycles. The van der Waals surface area contributed by atoms with Gasteiger partial charge >= 0.3 is 17.9 Å². The summed E-state index contributed by atoms with van der Waals surface area (Å²) in [5.74, 6) is 2.20. The van der Waals surface area contributed by atoms with Crippen LogP contribution >= 0.6 is 0 Å². The number of hydrogen-bond donors (Lipinski definition) is 5. The number of carbonyl (C=O) groups excluding carboxylic acids is 1. The second-order valence-electron chi connectivity index (χ2n) is 7.82. The molecule has 28 heavy (non-hydrogen) atoms. The van der Waals surface area contributed by atoms with E-state index in [1.165, 1.54) is 19.3 Å². The van der Waals surface area contributed by atoms with E-state index in [1.54, 1.807) is 34.6 Å². The molecular weight excluding hydrogens is 366 g/mol. The zero-order valence-electron chi connectivity index (χ0n) is 17.9. The van der Waals surface area contributed by atoms with Crippen LogP contribution in [0.5, 0.6) is 0 Å². The van der Waals surface area contributed by atoms with Crippen molar-refractivity contribution in [2.75, 3.05) is 6.54 Å². The minimum atomic E-state index is -0.776. The first-order chi connectivity index (χ1) is 12.9. The molecule has 0 aromatic carbocycles. The SMILES string of the molecule is CC(C)(NC1CCCCC1)C(=O)O.CC(C)C(=O)ON.CC(CCN)C(=O)O. The lowest BCUT2D eigenvalue weighted by molar-refractivity contribution is -0.148. The Morgan fingerprint density at radius 1 is 1.11 bits per heavy atom. The average Bonchev–Trinajstić information content (AvgIpc) is 2.62. The molecule has 166 valence electrons. The lowest BCUT2D eigenvalue weighted by Gasteiger charge is -2.30. The van der Waals surface area contributed by atoms with Crippen molar-refractivity contribution in [1.82, 2.24) is 5.32 Å². The summed E-state index contributed by atoms with van der Waals surface area (Å²) in [7, 11) is 0. The summed E-state index contributed by atoms with van der Waals surface area (Å²) in [4.78, 5) is 34.9. The second kappa shape index (κ2) is 15.2. The molecule has 1 aliphatic carbocycles. The molecule has 1 unspecified atom stereocenters. The molecule has 9 heteroatoms. The molecule has 1 fully saturated rings. The number of nitrogens with one attached hydrogen (secondary N) is 1. The number of carboxylic acids is 2. The average molecular weight is 406 g/mol. The summed E-state index contributed by atoms with van der Waals surface area (Å²) < 4.78 is 0. The number of aliphatic carboxylic acids is 2. The van der Waals surface area contributed by atoms with Gasteiger partial charge in [-0.05, 0) is 39.7 Å². The predicted octanol–water partition coefficient (Wildman–Crippen LogP) is 1.89. The van der Waals surface area contributed by atoms with Crippen molar-refractivity contribution in [3.8, 4) is 0 Å². The lowest BCUT2D eigenvalue weighted by atomic mass is 9.93. The standard InChI is InChI=1S/C10H19NO2.C5H11NO2.C4H9NO2/c1-10(2,9(12)13)11-8-6-4-3-5-7-8;1-4(2-3-6)5(7)8;1-3(2)4(6)7-5/h8,11H,3-7H2,1-2H3,(H,12,13);4H,2-3,6H2,1H3,(H,7,8);3H,5H2,1-2H3. The van der Waals surface area contributed by atoms with Crippen LogP contribution in [-0.4, -0.2) is 46.2 Å².